The largest absolute Gasteiger partial charge is 0.432 e. The molecule has 0 aromatic rings. The highest BCUT2D eigenvalue weighted by molar-refractivity contribution is 6.25. The van der Waals surface area contributed by atoms with Crippen LogP contribution in [0.5, 0.6) is 0 Å². The Kier molecular flexibility index (Phi) is 5.25. The van der Waals surface area contributed by atoms with E-state index < -0.39 is 0 Å². The average molecular weight is 103 g/mol. The molecule has 0 heterocycles. The van der Waals surface area contributed by atoms with Gasteiger partial charge in [0.05, 0.1) is 0 Å². The Bertz CT molecular complexity index is 22.8. The van der Waals surface area contributed by atoms with Crippen LogP contribution in [0.25, 0.3) is 0 Å². The van der Waals surface area contributed by atoms with Gasteiger partial charge in [-0.15, -0.1) is 0 Å². The van der Waals surface area contributed by atoms with Crippen LogP contribution in [0.3, 0.4) is 0 Å². The minimum Gasteiger partial charge on any atom is -0.432 e. The first-order chi connectivity index (χ1) is 2.91. The molecule has 2 radical (unpaired) electrons. The lowest BCUT2D eigenvalue weighted by atomic mass is 10.5. The third kappa shape index (κ3) is 4.14. The van der Waals surface area contributed by atoms with Crippen molar-refractivity contribution < 1.29 is 4.80 Å². The zero-order chi connectivity index (χ0) is 4.83. The van der Waals surface area contributed by atoms with Gasteiger partial charge in [-0.2, -0.15) is 0 Å². The first-order valence-electron chi connectivity index (χ1n) is 1.99. The van der Waals surface area contributed by atoms with Crippen LogP contribution < -0.4 is 5.73 Å². The maximum Gasteiger partial charge on any atom is 0.224 e. The standard InChI is InChI=1S/C3H9NOSi/c4-2-1-3-6-5/h5H,1-4H2. The summed E-state index contributed by atoms with van der Waals surface area (Å²) in [5.41, 5.74) is 5.11. The fourth-order valence-electron chi connectivity index (χ4n) is 0.181. The fourth-order valence-corrected chi connectivity index (χ4v) is 0.543. The second-order valence-corrected chi connectivity index (χ2v) is 1.87. The lowest BCUT2D eigenvalue weighted by Crippen LogP contribution is -1.99. The molecule has 36 valence electrons. The summed E-state index contributed by atoms with van der Waals surface area (Å²) in [5.74, 6) is 0. The van der Waals surface area contributed by atoms with Crippen LogP contribution in [0.4, 0.5) is 0 Å². The van der Waals surface area contributed by atoms with Crippen LogP contribution in [0.2, 0.25) is 6.04 Å². The van der Waals surface area contributed by atoms with E-state index in [4.69, 9.17) is 10.5 Å². The van der Waals surface area contributed by atoms with E-state index in [2.05, 4.69) is 0 Å². The van der Waals surface area contributed by atoms with Gasteiger partial charge < -0.3 is 10.5 Å². The van der Waals surface area contributed by atoms with Crippen molar-refractivity contribution in [2.75, 3.05) is 6.54 Å². The zero-order valence-electron chi connectivity index (χ0n) is 3.65. The van der Waals surface area contributed by atoms with Crippen molar-refractivity contribution in [1.29, 1.82) is 0 Å². The SMILES string of the molecule is NCCC[Si]O. The third-order valence-electron chi connectivity index (χ3n) is 0.493. The third-order valence-corrected chi connectivity index (χ3v) is 1.07. The van der Waals surface area contributed by atoms with Crippen molar-refractivity contribution in [3.05, 3.63) is 0 Å². The minimum absolute atomic E-state index is 0.0846. The number of hydrogen-bond donors (Lipinski definition) is 2. The summed E-state index contributed by atoms with van der Waals surface area (Å²) in [4.78, 5) is 8.17. The van der Waals surface area contributed by atoms with Crippen LogP contribution in [-0.4, -0.2) is 21.1 Å². The molecule has 6 heavy (non-hydrogen) atoms. The molecule has 0 aliphatic heterocycles. The van der Waals surface area contributed by atoms with Gasteiger partial charge in [-0.25, -0.2) is 0 Å². The maximum atomic E-state index is 8.17. The molecule has 3 heteroatoms. The summed E-state index contributed by atoms with van der Waals surface area (Å²) < 4.78 is 0. The molecule has 0 amide bonds. The molecule has 0 saturated carbocycles. The van der Waals surface area contributed by atoms with Gasteiger partial charge in [0.2, 0.25) is 9.76 Å². The van der Waals surface area contributed by atoms with Crippen molar-refractivity contribution in [3.63, 3.8) is 0 Å². The minimum atomic E-state index is 0.0846. The molecule has 0 spiro atoms. The van der Waals surface area contributed by atoms with Crippen LogP contribution in [0, 0.1) is 0 Å². The Hall–Kier alpha value is 0.137. The van der Waals surface area contributed by atoms with E-state index >= 15 is 0 Å². The first-order valence-corrected chi connectivity index (χ1v) is 3.14. The van der Waals surface area contributed by atoms with Crippen molar-refractivity contribution >= 4 is 9.76 Å². The summed E-state index contributed by atoms with van der Waals surface area (Å²) in [5, 5.41) is 0. The lowest BCUT2D eigenvalue weighted by molar-refractivity contribution is 0.596. The van der Waals surface area contributed by atoms with E-state index in [-0.39, 0.29) is 9.76 Å². The molecule has 0 fully saturated rings. The summed E-state index contributed by atoms with van der Waals surface area (Å²) in [6, 6.07) is 0.872. The molecule has 0 rings (SSSR count). The Morgan fingerprint density at radius 3 is 2.50 bits per heavy atom. The number of nitrogens with two attached hydrogens (primary N) is 1. The predicted octanol–water partition coefficient (Wildman–Crippen LogP) is -0.635. The molecule has 0 unspecified atom stereocenters. The predicted molar refractivity (Wildman–Crippen MR) is 26.5 cm³/mol. The van der Waals surface area contributed by atoms with Crippen LogP contribution in [-0.2, 0) is 0 Å². The monoisotopic (exact) mass is 103 g/mol. The van der Waals surface area contributed by atoms with Crippen molar-refractivity contribution in [1.82, 2.24) is 0 Å². The van der Waals surface area contributed by atoms with E-state index in [0.717, 1.165) is 12.5 Å². The van der Waals surface area contributed by atoms with Gasteiger partial charge in [-0.05, 0) is 19.0 Å². The Morgan fingerprint density at radius 1 is 1.67 bits per heavy atom. The molecule has 3 N–H and O–H groups in total. The molecule has 0 aliphatic carbocycles. The quantitative estimate of drug-likeness (QED) is 0.369. The maximum absolute atomic E-state index is 8.17. The Balaban J connectivity index is 2.34. The summed E-state index contributed by atoms with van der Waals surface area (Å²) >= 11 is 0. The highest BCUT2D eigenvalue weighted by Crippen LogP contribution is 1.79. The van der Waals surface area contributed by atoms with Gasteiger partial charge in [-0.1, -0.05) is 0 Å². The fraction of sp³-hybridized carbons (Fsp3) is 1.00. The van der Waals surface area contributed by atoms with Crippen LogP contribution >= 0.6 is 0 Å². The highest BCUT2D eigenvalue weighted by atomic mass is 28.2. The molecule has 0 aromatic heterocycles. The number of rotatable bonds is 3. The van der Waals surface area contributed by atoms with Crippen LogP contribution in [0.1, 0.15) is 6.42 Å². The van der Waals surface area contributed by atoms with E-state index in [1.165, 1.54) is 0 Å². The van der Waals surface area contributed by atoms with Crippen molar-refractivity contribution in [2.45, 2.75) is 12.5 Å². The highest BCUT2D eigenvalue weighted by Gasteiger charge is 1.79. The molecule has 0 aliphatic rings. The van der Waals surface area contributed by atoms with Gasteiger partial charge >= 0.3 is 0 Å². The zero-order valence-corrected chi connectivity index (χ0v) is 4.65. The summed E-state index contributed by atoms with van der Waals surface area (Å²) in [6.45, 7) is 0.702. The summed E-state index contributed by atoms with van der Waals surface area (Å²) in [6.07, 6.45) is 0.953. The molecule has 2 nitrogen and oxygen atoms in total. The smallest absolute Gasteiger partial charge is 0.224 e. The molecular formula is C3H9NOSi. The second kappa shape index (κ2) is 5.14. The Morgan fingerprint density at radius 2 is 2.33 bits per heavy atom. The Labute approximate surface area is 40.3 Å². The van der Waals surface area contributed by atoms with Gasteiger partial charge in [0.15, 0.2) is 0 Å². The van der Waals surface area contributed by atoms with E-state index in [9.17, 15) is 0 Å². The topological polar surface area (TPSA) is 46.2 Å². The van der Waals surface area contributed by atoms with Crippen LogP contribution in [0.15, 0.2) is 0 Å². The molecule has 0 saturated heterocycles. The normalized spacial score (nSPS) is 9.00. The lowest BCUT2D eigenvalue weighted by Gasteiger charge is -1.84. The van der Waals surface area contributed by atoms with Crippen molar-refractivity contribution in [3.8, 4) is 0 Å². The molecular weight excluding hydrogens is 94.1 g/mol. The van der Waals surface area contributed by atoms with E-state index in [1.807, 2.05) is 0 Å². The number of hydrogen-bond acceptors (Lipinski definition) is 2. The van der Waals surface area contributed by atoms with E-state index in [1.54, 1.807) is 0 Å². The molecule has 0 atom stereocenters. The van der Waals surface area contributed by atoms with E-state index in [0.29, 0.717) is 6.54 Å². The van der Waals surface area contributed by atoms with Gasteiger partial charge in [-0.3, -0.25) is 0 Å². The molecule has 0 bridgehead atoms. The van der Waals surface area contributed by atoms with Gasteiger partial charge in [0.25, 0.3) is 0 Å². The van der Waals surface area contributed by atoms with Gasteiger partial charge in [0.1, 0.15) is 0 Å². The summed E-state index contributed by atoms with van der Waals surface area (Å²) in [7, 11) is 0.0846. The van der Waals surface area contributed by atoms with Gasteiger partial charge in [0, 0.05) is 0 Å². The molecule has 0 aromatic carbocycles. The first kappa shape index (κ1) is 6.14. The van der Waals surface area contributed by atoms with Crippen molar-refractivity contribution in [2.24, 2.45) is 5.73 Å². The second-order valence-electron chi connectivity index (χ2n) is 1.05. The average Bonchev–Trinajstić information content (AvgIpc) is 1.61.